The fraction of sp³-hybridized carbons (Fsp3) is 0.500. The highest BCUT2D eigenvalue weighted by Gasteiger charge is 2.41. The normalized spacial score (nSPS) is 28.5. The summed E-state index contributed by atoms with van der Waals surface area (Å²) >= 11 is 0. The Morgan fingerprint density at radius 1 is 1.31 bits per heavy atom. The van der Waals surface area contributed by atoms with E-state index in [1.165, 1.54) is 11.1 Å². The quantitative estimate of drug-likeness (QED) is 0.734. The molecule has 1 aromatic carbocycles. The Labute approximate surface area is 79.4 Å². The molecular weight excluding hydrogens is 160 g/mol. The Morgan fingerprint density at radius 2 is 1.92 bits per heavy atom. The first kappa shape index (κ1) is 8.76. The van der Waals surface area contributed by atoms with E-state index in [4.69, 9.17) is 0 Å². The molecule has 1 nitrogen and oxygen atoms in total. The van der Waals surface area contributed by atoms with Crippen LogP contribution in [0.15, 0.2) is 24.3 Å². The summed E-state index contributed by atoms with van der Waals surface area (Å²) in [5, 5.41) is 9.38. The van der Waals surface area contributed by atoms with E-state index in [1.54, 1.807) is 0 Å². The van der Waals surface area contributed by atoms with Gasteiger partial charge in [-0.3, -0.25) is 0 Å². The predicted octanol–water partition coefficient (Wildman–Crippen LogP) is 2.48. The van der Waals surface area contributed by atoms with E-state index in [-0.39, 0.29) is 6.10 Å². The van der Waals surface area contributed by atoms with Gasteiger partial charge in [-0.25, -0.2) is 0 Å². The maximum absolute atomic E-state index is 9.38. The van der Waals surface area contributed by atoms with Crippen molar-refractivity contribution in [2.24, 2.45) is 5.92 Å². The maximum atomic E-state index is 9.38. The Hall–Kier alpha value is -0.820. The average molecular weight is 176 g/mol. The van der Waals surface area contributed by atoms with E-state index in [0.29, 0.717) is 11.8 Å². The number of aliphatic hydroxyl groups is 1. The number of hydrogen-bond acceptors (Lipinski definition) is 1. The van der Waals surface area contributed by atoms with Crippen LogP contribution in [0.4, 0.5) is 0 Å². The zero-order chi connectivity index (χ0) is 9.42. The van der Waals surface area contributed by atoms with Crippen molar-refractivity contribution in [1.82, 2.24) is 0 Å². The third-order valence-electron chi connectivity index (χ3n) is 2.96. The molecule has 0 heterocycles. The Morgan fingerprint density at radius 3 is 2.38 bits per heavy atom. The smallest absolute Gasteiger partial charge is 0.0546 e. The largest absolute Gasteiger partial charge is 0.393 e. The summed E-state index contributed by atoms with van der Waals surface area (Å²) in [6.07, 6.45) is 1.01. The van der Waals surface area contributed by atoms with Gasteiger partial charge in [-0.1, -0.05) is 29.8 Å². The Balaban J connectivity index is 2.08. The van der Waals surface area contributed by atoms with Crippen LogP contribution >= 0.6 is 0 Å². The molecule has 0 unspecified atom stereocenters. The first-order valence-electron chi connectivity index (χ1n) is 4.93. The second-order valence-corrected chi connectivity index (χ2v) is 4.16. The minimum atomic E-state index is -0.147. The fourth-order valence-corrected chi connectivity index (χ4v) is 1.94. The minimum absolute atomic E-state index is 0.147. The molecule has 0 spiro atoms. The third kappa shape index (κ3) is 1.75. The first-order chi connectivity index (χ1) is 6.18. The molecule has 1 saturated carbocycles. The topological polar surface area (TPSA) is 20.2 Å². The molecule has 0 bridgehead atoms. The van der Waals surface area contributed by atoms with E-state index in [1.807, 2.05) is 6.92 Å². The maximum Gasteiger partial charge on any atom is 0.0546 e. The van der Waals surface area contributed by atoms with Gasteiger partial charge in [0, 0.05) is 0 Å². The van der Waals surface area contributed by atoms with Crippen molar-refractivity contribution in [3.8, 4) is 0 Å². The highest BCUT2D eigenvalue weighted by atomic mass is 16.3. The summed E-state index contributed by atoms with van der Waals surface area (Å²) in [5.74, 6) is 1.11. The van der Waals surface area contributed by atoms with Gasteiger partial charge >= 0.3 is 0 Å². The van der Waals surface area contributed by atoms with Crippen molar-refractivity contribution in [1.29, 1.82) is 0 Å². The Kier molecular flexibility index (Phi) is 2.12. The van der Waals surface area contributed by atoms with Crippen molar-refractivity contribution < 1.29 is 5.11 Å². The van der Waals surface area contributed by atoms with Crippen molar-refractivity contribution in [2.45, 2.75) is 32.3 Å². The fourth-order valence-electron chi connectivity index (χ4n) is 1.94. The van der Waals surface area contributed by atoms with E-state index in [0.717, 1.165) is 6.42 Å². The molecule has 1 aromatic rings. The van der Waals surface area contributed by atoms with Gasteiger partial charge in [0.1, 0.15) is 0 Å². The molecule has 70 valence electrons. The molecule has 1 aliphatic carbocycles. The summed E-state index contributed by atoms with van der Waals surface area (Å²) in [7, 11) is 0. The molecule has 0 amide bonds. The molecule has 0 radical (unpaired) electrons. The predicted molar refractivity (Wildman–Crippen MR) is 53.7 cm³/mol. The molecule has 0 aliphatic heterocycles. The zero-order valence-corrected chi connectivity index (χ0v) is 8.20. The summed E-state index contributed by atoms with van der Waals surface area (Å²) in [5.41, 5.74) is 2.69. The summed E-state index contributed by atoms with van der Waals surface area (Å²) in [4.78, 5) is 0. The standard InChI is InChI=1S/C12H16O/c1-8-3-5-10(6-4-8)12-7-11(12)9(2)13/h3-6,9,11-13H,7H2,1-2H3/t9-,11-,12+/m1/s1. The average Bonchev–Trinajstić information content (AvgIpc) is 2.85. The van der Waals surface area contributed by atoms with Crippen LogP contribution in [0.25, 0.3) is 0 Å². The molecule has 1 fully saturated rings. The highest BCUT2D eigenvalue weighted by Crippen LogP contribution is 2.49. The molecular formula is C12H16O. The van der Waals surface area contributed by atoms with Crippen molar-refractivity contribution in [3.63, 3.8) is 0 Å². The number of aryl methyl sites for hydroxylation is 1. The van der Waals surface area contributed by atoms with Crippen LogP contribution < -0.4 is 0 Å². The van der Waals surface area contributed by atoms with Gasteiger partial charge in [0.15, 0.2) is 0 Å². The molecule has 2 rings (SSSR count). The van der Waals surface area contributed by atoms with Gasteiger partial charge in [0.05, 0.1) is 6.10 Å². The third-order valence-corrected chi connectivity index (χ3v) is 2.96. The monoisotopic (exact) mass is 176 g/mol. The molecule has 1 N–H and O–H groups in total. The van der Waals surface area contributed by atoms with Gasteiger partial charge in [0.2, 0.25) is 0 Å². The van der Waals surface area contributed by atoms with Crippen LogP contribution in [0.1, 0.15) is 30.4 Å². The lowest BCUT2D eigenvalue weighted by molar-refractivity contribution is 0.169. The van der Waals surface area contributed by atoms with Gasteiger partial charge in [0.25, 0.3) is 0 Å². The number of aliphatic hydroxyl groups excluding tert-OH is 1. The number of benzene rings is 1. The summed E-state index contributed by atoms with van der Waals surface area (Å²) in [6.45, 7) is 3.99. The van der Waals surface area contributed by atoms with E-state index in [2.05, 4.69) is 31.2 Å². The SMILES string of the molecule is Cc1ccc([C@@H]2C[C@@H]2[C@@H](C)O)cc1. The van der Waals surface area contributed by atoms with Gasteiger partial charge < -0.3 is 5.11 Å². The van der Waals surface area contributed by atoms with Gasteiger partial charge in [-0.05, 0) is 37.7 Å². The van der Waals surface area contributed by atoms with E-state index >= 15 is 0 Å². The van der Waals surface area contributed by atoms with Crippen LogP contribution in [0.5, 0.6) is 0 Å². The molecule has 1 heteroatoms. The van der Waals surface area contributed by atoms with Crippen LogP contribution in [0.3, 0.4) is 0 Å². The van der Waals surface area contributed by atoms with Gasteiger partial charge in [-0.2, -0.15) is 0 Å². The molecule has 3 atom stereocenters. The van der Waals surface area contributed by atoms with Crippen molar-refractivity contribution in [3.05, 3.63) is 35.4 Å². The highest BCUT2D eigenvalue weighted by molar-refractivity contribution is 5.29. The lowest BCUT2D eigenvalue weighted by Gasteiger charge is -2.03. The van der Waals surface area contributed by atoms with Crippen LogP contribution in [0.2, 0.25) is 0 Å². The summed E-state index contributed by atoms with van der Waals surface area (Å²) in [6, 6.07) is 8.66. The second-order valence-electron chi connectivity index (χ2n) is 4.16. The lowest BCUT2D eigenvalue weighted by atomic mass is 10.1. The van der Waals surface area contributed by atoms with Crippen LogP contribution in [0, 0.1) is 12.8 Å². The summed E-state index contributed by atoms with van der Waals surface area (Å²) < 4.78 is 0. The lowest BCUT2D eigenvalue weighted by Crippen LogP contribution is -2.03. The molecule has 0 aromatic heterocycles. The minimum Gasteiger partial charge on any atom is -0.393 e. The van der Waals surface area contributed by atoms with E-state index < -0.39 is 0 Å². The van der Waals surface area contributed by atoms with Crippen molar-refractivity contribution in [2.75, 3.05) is 0 Å². The van der Waals surface area contributed by atoms with E-state index in [9.17, 15) is 5.11 Å². The van der Waals surface area contributed by atoms with Gasteiger partial charge in [-0.15, -0.1) is 0 Å². The number of rotatable bonds is 2. The Bertz CT molecular complexity index is 286. The number of hydrogen-bond donors (Lipinski definition) is 1. The van der Waals surface area contributed by atoms with Crippen molar-refractivity contribution >= 4 is 0 Å². The van der Waals surface area contributed by atoms with Crippen LogP contribution in [-0.4, -0.2) is 11.2 Å². The molecule has 1 aliphatic rings. The second kappa shape index (κ2) is 3.15. The first-order valence-corrected chi connectivity index (χ1v) is 4.93. The van der Waals surface area contributed by atoms with Crippen LogP contribution in [-0.2, 0) is 0 Å². The zero-order valence-electron chi connectivity index (χ0n) is 8.20. The molecule has 0 saturated heterocycles. The molecule has 13 heavy (non-hydrogen) atoms.